The van der Waals surface area contributed by atoms with Crippen molar-refractivity contribution in [1.82, 2.24) is 9.21 Å². The van der Waals surface area contributed by atoms with Crippen LogP contribution < -0.4 is 0 Å². The van der Waals surface area contributed by atoms with Gasteiger partial charge in [0.25, 0.3) is 5.91 Å². The van der Waals surface area contributed by atoms with Crippen LogP contribution in [0.1, 0.15) is 9.67 Å². The smallest absolute Gasteiger partial charge is 0.264 e. The predicted octanol–water partition coefficient (Wildman–Crippen LogP) is 1.63. The first-order valence-corrected chi connectivity index (χ1v) is 10.9. The molecule has 1 aromatic heterocycles. The Balaban J connectivity index is 1.66. The molecule has 0 saturated carbocycles. The number of hydrogen-bond donors (Lipinski definition) is 0. The Morgan fingerprint density at radius 1 is 1.20 bits per heavy atom. The van der Waals surface area contributed by atoms with E-state index in [2.05, 4.69) is 0 Å². The molecule has 0 unspecified atom stereocenters. The fourth-order valence-electron chi connectivity index (χ4n) is 3.55. The number of amides is 1. The Hall–Kier alpha value is -1.48. The first kappa shape index (κ1) is 17.0. The summed E-state index contributed by atoms with van der Waals surface area (Å²) in [6.07, 6.45) is 1.23. The van der Waals surface area contributed by atoms with E-state index >= 15 is 0 Å². The van der Waals surface area contributed by atoms with Crippen LogP contribution in [0.5, 0.6) is 0 Å². The second-order valence-electron chi connectivity index (χ2n) is 6.74. The number of nitrogens with zero attached hydrogens (tertiary/aromatic N) is 2. The maximum atomic E-state index is 13.1. The van der Waals surface area contributed by atoms with Crippen molar-refractivity contribution in [3.63, 3.8) is 0 Å². The maximum Gasteiger partial charge on any atom is 0.264 e. The summed E-state index contributed by atoms with van der Waals surface area (Å²) in [5, 5.41) is 1.06. The number of carbonyl (C=O) groups is 1. The van der Waals surface area contributed by atoms with Crippen molar-refractivity contribution in [2.75, 3.05) is 39.1 Å². The fourth-order valence-corrected chi connectivity index (χ4v) is 5.49. The largest absolute Gasteiger partial charge is 0.379 e. The van der Waals surface area contributed by atoms with E-state index in [1.54, 1.807) is 0 Å². The van der Waals surface area contributed by atoms with E-state index in [1.165, 1.54) is 21.9 Å². The Morgan fingerprint density at radius 2 is 2.00 bits per heavy atom. The summed E-state index contributed by atoms with van der Waals surface area (Å²) in [4.78, 5) is 15.6. The van der Waals surface area contributed by atoms with Crippen LogP contribution in [0.25, 0.3) is 10.1 Å². The first-order valence-electron chi connectivity index (χ1n) is 8.24. The molecule has 0 spiro atoms. The molecule has 6 nitrogen and oxygen atoms in total. The summed E-state index contributed by atoms with van der Waals surface area (Å²) >= 11 is 1.48. The molecule has 4 rings (SSSR count). The van der Waals surface area contributed by atoms with Crippen molar-refractivity contribution in [2.45, 2.75) is 6.04 Å². The number of sulfonamides is 1. The molecule has 0 N–H and O–H groups in total. The van der Waals surface area contributed by atoms with Gasteiger partial charge in [-0.15, -0.1) is 11.3 Å². The van der Waals surface area contributed by atoms with Crippen molar-refractivity contribution in [1.29, 1.82) is 0 Å². The zero-order chi connectivity index (χ0) is 17.6. The van der Waals surface area contributed by atoms with Crippen LogP contribution in [0.4, 0.5) is 0 Å². The van der Waals surface area contributed by atoms with Crippen molar-refractivity contribution in [2.24, 2.45) is 5.92 Å². The van der Waals surface area contributed by atoms with Gasteiger partial charge in [0.05, 0.1) is 30.4 Å². The standard InChI is InChI=1S/C17H20N2O4S2/c1-25(21,22)18-7-12-8-19(14(9-18)11-23-10-12)17(20)16-6-13-4-2-3-5-15(13)24-16/h2-6,12,14H,7-11H2,1H3/t12-,14-/m0/s1. The van der Waals surface area contributed by atoms with Gasteiger partial charge in [0.15, 0.2) is 0 Å². The van der Waals surface area contributed by atoms with Gasteiger partial charge in [-0.2, -0.15) is 4.31 Å². The van der Waals surface area contributed by atoms with E-state index in [0.29, 0.717) is 37.7 Å². The molecule has 2 aliphatic rings. The predicted molar refractivity (Wildman–Crippen MR) is 97.4 cm³/mol. The van der Waals surface area contributed by atoms with E-state index in [-0.39, 0.29) is 17.9 Å². The zero-order valence-electron chi connectivity index (χ0n) is 13.9. The van der Waals surface area contributed by atoms with E-state index in [1.807, 2.05) is 35.2 Å². The van der Waals surface area contributed by atoms with Gasteiger partial charge in [0.2, 0.25) is 10.0 Å². The quantitative estimate of drug-likeness (QED) is 0.794. The molecule has 2 saturated heterocycles. The highest BCUT2D eigenvalue weighted by atomic mass is 32.2. The van der Waals surface area contributed by atoms with Gasteiger partial charge >= 0.3 is 0 Å². The zero-order valence-corrected chi connectivity index (χ0v) is 15.6. The van der Waals surface area contributed by atoms with Crippen molar-refractivity contribution in [3.8, 4) is 0 Å². The van der Waals surface area contributed by atoms with Gasteiger partial charge in [-0.3, -0.25) is 4.79 Å². The normalized spacial score (nSPS) is 25.1. The van der Waals surface area contributed by atoms with Crippen LogP contribution in [0.3, 0.4) is 0 Å². The van der Waals surface area contributed by atoms with Crippen LogP contribution in [0, 0.1) is 5.92 Å². The molecule has 1 amide bonds. The maximum absolute atomic E-state index is 13.1. The summed E-state index contributed by atoms with van der Waals surface area (Å²) in [6, 6.07) is 9.60. The summed E-state index contributed by atoms with van der Waals surface area (Å²) < 4.78 is 32.3. The van der Waals surface area contributed by atoms with Crippen molar-refractivity contribution >= 4 is 37.4 Å². The van der Waals surface area contributed by atoms with Gasteiger partial charge in [0, 0.05) is 30.3 Å². The molecule has 2 bridgehead atoms. The average Bonchev–Trinajstić information content (AvgIpc) is 2.75. The average molecular weight is 380 g/mol. The van der Waals surface area contributed by atoms with Crippen molar-refractivity contribution in [3.05, 3.63) is 35.2 Å². The lowest BCUT2D eigenvalue weighted by Gasteiger charge is -2.29. The van der Waals surface area contributed by atoms with E-state index < -0.39 is 10.0 Å². The summed E-state index contributed by atoms with van der Waals surface area (Å²) in [7, 11) is -3.28. The monoisotopic (exact) mass is 380 g/mol. The number of rotatable bonds is 2. The molecular formula is C17H20N2O4S2. The molecule has 2 aromatic rings. The number of ether oxygens (including phenoxy) is 1. The van der Waals surface area contributed by atoms with E-state index in [9.17, 15) is 13.2 Å². The molecule has 1 aromatic carbocycles. The lowest BCUT2D eigenvalue weighted by molar-refractivity contribution is 0.0546. The van der Waals surface area contributed by atoms with Gasteiger partial charge in [-0.25, -0.2) is 8.42 Å². The Bertz CT molecular complexity index is 875. The molecule has 25 heavy (non-hydrogen) atoms. The van der Waals surface area contributed by atoms with Crippen LogP contribution in [-0.4, -0.2) is 68.7 Å². The minimum atomic E-state index is -3.28. The molecule has 2 fully saturated rings. The second kappa shape index (κ2) is 6.35. The number of fused-ring (bicyclic) bond motifs is 4. The first-order chi connectivity index (χ1) is 11.9. The SMILES string of the molecule is CS(=O)(=O)N1C[C@@H]2COC[C@H](C1)N(C(=O)c1cc3ccccc3s1)C2. The molecule has 134 valence electrons. The Morgan fingerprint density at radius 3 is 2.76 bits per heavy atom. The Kier molecular flexibility index (Phi) is 4.31. The topological polar surface area (TPSA) is 66.9 Å². The molecule has 2 aliphatic heterocycles. The summed E-state index contributed by atoms with van der Waals surface area (Å²) in [5.74, 6) is -0.0300. The Labute approximate surface area is 151 Å². The number of hydrogen-bond acceptors (Lipinski definition) is 5. The van der Waals surface area contributed by atoms with Crippen molar-refractivity contribution < 1.29 is 17.9 Å². The highest BCUT2D eigenvalue weighted by Crippen LogP contribution is 2.29. The lowest BCUT2D eigenvalue weighted by Crippen LogP contribution is -2.47. The minimum Gasteiger partial charge on any atom is -0.379 e. The third kappa shape index (κ3) is 3.31. The van der Waals surface area contributed by atoms with Crippen LogP contribution in [0.15, 0.2) is 30.3 Å². The van der Waals surface area contributed by atoms with Gasteiger partial charge in [-0.1, -0.05) is 18.2 Å². The molecule has 0 aliphatic carbocycles. The van der Waals surface area contributed by atoms with E-state index in [0.717, 1.165) is 10.1 Å². The third-order valence-corrected chi connectivity index (χ3v) is 7.14. The summed E-state index contributed by atoms with van der Waals surface area (Å²) in [5.41, 5.74) is 0. The van der Waals surface area contributed by atoms with Crippen LogP contribution in [-0.2, 0) is 14.8 Å². The minimum absolute atomic E-state index is 0.000512. The van der Waals surface area contributed by atoms with Crippen LogP contribution in [0.2, 0.25) is 0 Å². The van der Waals surface area contributed by atoms with Crippen LogP contribution >= 0.6 is 11.3 Å². The third-order valence-electron chi connectivity index (χ3n) is 4.80. The molecule has 0 radical (unpaired) electrons. The second-order valence-corrected chi connectivity index (χ2v) is 9.81. The molecular weight excluding hydrogens is 360 g/mol. The van der Waals surface area contributed by atoms with Gasteiger partial charge < -0.3 is 9.64 Å². The number of thiophene rings is 1. The van der Waals surface area contributed by atoms with Gasteiger partial charge in [0.1, 0.15) is 0 Å². The number of benzene rings is 1. The fraction of sp³-hybridized carbons (Fsp3) is 0.471. The van der Waals surface area contributed by atoms with Gasteiger partial charge in [-0.05, 0) is 17.5 Å². The highest BCUT2D eigenvalue weighted by molar-refractivity contribution is 7.88. The number of carbonyl (C=O) groups excluding carboxylic acids is 1. The summed E-state index contributed by atoms with van der Waals surface area (Å²) in [6.45, 7) is 2.10. The lowest BCUT2D eigenvalue weighted by atomic mass is 10.1. The molecule has 2 atom stereocenters. The highest BCUT2D eigenvalue weighted by Gasteiger charge is 2.39. The molecule has 3 heterocycles. The molecule has 8 heteroatoms. The van der Waals surface area contributed by atoms with E-state index in [4.69, 9.17) is 4.74 Å².